The van der Waals surface area contributed by atoms with Gasteiger partial charge >= 0.3 is 0 Å². The van der Waals surface area contributed by atoms with Crippen molar-refractivity contribution in [1.29, 1.82) is 0 Å². The maximum Gasteiger partial charge on any atom is 0.208 e. The van der Waals surface area contributed by atoms with Crippen molar-refractivity contribution in [2.24, 2.45) is 5.73 Å². The number of hydrogen-bond donors (Lipinski definition) is 1. The molecule has 2 N–H and O–H groups in total. The Balaban J connectivity index is 2.15. The molecule has 1 fully saturated rings. The summed E-state index contributed by atoms with van der Waals surface area (Å²) in [5, 5.41) is 10.2. The highest BCUT2D eigenvalue weighted by molar-refractivity contribution is 7.15. The van der Waals surface area contributed by atoms with Gasteiger partial charge in [0, 0.05) is 19.6 Å². The highest BCUT2D eigenvalue weighted by Crippen LogP contribution is 2.27. The van der Waals surface area contributed by atoms with E-state index >= 15 is 0 Å². The van der Waals surface area contributed by atoms with Gasteiger partial charge in [-0.15, -0.1) is 10.2 Å². The summed E-state index contributed by atoms with van der Waals surface area (Å²) in [7, 11) is 0. The van der Waals surface area contributed by atoms with Crippen LogP contribution in [-0.4, -0.2) is 41.5 Å². The zero-order chi connectivity index (χ0) is 11.8. The van der Waals surface area contributed by atoms with Gasteiger partial charge in [0.15, 0.2) is 0 Å². The Morgan fingerprint density at radius 3 is 2.88 bits per heavy atom. The van der Waals surface area contributed by atoms with Crippen molar-refractivity contribution in [3.63, 3.8) is 0 Å². The number of morpholine rings is 1. The van der Waals surface area contributed by atoms with Gasteiger partial charge in [-0.3, -0.25) is 0 Å². The second-order valence-corrected chi connectivity index (χ2v) is 5.88. The molecule has 1 aromatic rings. The fourth-order valence-corrected chi connectivity index (χ4v) is 2.67. The van der Waals surface area contributed by atoms with E-state index in [4.69, 9.17) is 10.5 Å². The molecule has 0 bridgehead atoms. The van der Waals surface area contributed by atoms with Gasteiger partial charge in [0.05, 0.1) is 11.7 Å². The van der Waals surface area contributed by atoms with E-state index in [1.165, 1.54) is 0 Å². The first kappa shape index (κ1) is 11.8. The molecular formula is C10H18N4OS. The van der Waals surface area contributed by atoms with Gasteiger partial charge in [0.1, 0.15) is 5.01 Å². The van der Waals surface area contributed by atoms with Crippen LogP contribution in [0.15, 0.2) is 0 Å². The Morgan fingerprint density at radius 1 is 1.56 bits per heavy atom. The van der Waals surface area contributed by atoms with Gasteiger partial charge in [-0.1, -0.05) is 11.3 Å². The average Bonchev–Trinajstić information content (AvgIpc) is 2.62. The predicted octanol–water partition coefficient (Wildman–Crippen LogP) is 0.789. The molecule has 1 aromatic heterocycles. The van der Waals surface area contributed by atoms with Crippen LogP contribution in [0.1, 0.15) is 18.9 Å². The van der Waals surface area contributed by atoms with E-state index in [0.29, 0.717) is 6.54 Å². The molecule has 5 nitrogen and oxygen atoms in total. The summed E-state index contributed by atoms with van der Waals surface area (Å²) < 4.78 is 5.87. The SMILES string of the molecule is Cc1nnc(N2CC(CN)OC(C)(C)C2)s1. The molecular weight excluding hydrogens is 224 g/mol. The third-order valence-electron chi connectivity index (χ3n) is 2.53. The number of aromatic nitrogens is 2. The molecule has 6 heteroatoms. The third-order valence-corrected chi connectivity index (χ3v) is 3.43. The van der Waals surface area contributed by atoms with Crippen LogP contribution in [0.5, 0.6) is 0 Å². The standard InChI is InChI=1S/C10H18N4OS/c1-7-12-13-9(16-7)14-5-8(4-11)15-10(2,3)6-14/h8H,4-6,11H2,1-3H3. The largest absolute Gasteiger partial charge is 0.367 e. The summed E-state index contributed by atoms with van der Waals surface area (Å²) in [4.78, 5) is 2.21. The smallest absolute Gasteiger partial charge is 0.208 e. The van der Waals surface area contributed by atoms with Crippen LogP contribution in [0, 0.1) is 6.92 Å². The van der Waals surface area contributed by atoms with E-state index in [1.54, 1.807) is 11.3 Å². The van der Waals surface area contributed by atoms with Crippen molar-refractivity contribution in [3.8, 4) is 0 Å². The summed E-state index contributed by atoms with van der Waals surface area (Å²) in [6.07, 6.45) is 0.0768. The maximum atomic E-state index is 5.87. The van der Waals surface area contributed by atoms with Crippen LogP contribution in [0.25, 0.3) is 0 Å². The van der Waals surface area contributed by atoms with Crippen molar-refractivity contribution >= 4 is 16.5 Å². The number of ether oxygens (including phenoxy) is 1. The zero-order valence-electron chi connectivity index (χ0n) is 9.93. The molecule has 16 heavy (non-hydrogen) atoms. The molecule has 0 amide bonds. The molecule has 0 spiro atoms. The number of aryl methyl sites for hydroxylation is 1. The van der Waals surface area contributed by atoms with E-state index in [2.05, 4.69) is 28.9 Å². The minimum Gasteiger partial charge on any atom is -0.367 e. The summed E-state index contributed by atoms with van der Waals surface area (Å²) in [6.45, 7) is 8.29. The lowest BCUT2D eigenvalue weighted by Gasteiger charge is -2.42. The number of rotatable bonds is 2. The second-order valence-electron chi connectivity index (χ2n) is 4.72. The summed E-state index contributed by atoms with van der Waals surface area (Å²) in [5.41, 5.74) is 5.51. The lowest BCUT2D eigenvalue weighted by atomic mass is 10.1. The molecule has 90 valence electrons. The lowest BCUT2D eigenvalue weighted by Crippen LogP contribution is -2.54. The van der Waals surface area contributed by atoms with Gasteiger partial charge in [0.25, 0.3) is 0 Å². The molecule has 0 saturated carbocycles. The Hall–Kier alpha value is -0.720. The molecule has 0 aromatic carbocycles. The lowest BCUT2D eigenvalue weighted by molar-refractivity contribution is -0.0788. The van der Waals surface area contributed by atoms with Crippen LogP contribution in [0.3, 0.4) is 0 Å². The highest BCUT2D eigenvalue weighted by atomic mass is 32.1. The quantitative estimate of drug-likeness (QED) is 0.830. The number of nitrogens with two attached hydrogens (primary N) is 1. The van der Waals surface area contributed by atoms with E-state index < -0.39 is 0 Å². The molecule has 1 atom stereocenters. The van der Waals surface area contributed by atoms with Crippen molar-refractivity contribution < 1.29 is 4.74 Å². The topological polar surface area (TPSA) is 64.3 Å². The molecule has 1 saturated heterocycles. The van der Waals surface area contributed by atoms with E-state index in [-0.39, 0.29) is 11.7 Å². The Labute approximate surface area is 99.6 Å². The van der Waals surface area contributed by atoms with Crippen molar-refractivity contribution in [3.05, 3.63) is 5.01 Å². The first-order valence-electron chi connectivity index (χ1n) is 5.43. The van der Waals surface area contributed by atoms with Gasteiger partial charge in [-0.05, 0) is 20.8 Å². The van der Waals surface area contributed by atoms with Crippen LogP contribution >= 0.6 is 11.3 Å². The van der Waals surface area contributed by atoms with E-state index in [1.807, 2.05) is 6.92 Å². The van der Waals surface area contributed by atoms with Crippen LogP contribution in [-0.2, 0) is 4.74 Å². The minimum absolute atomic E-state index is 0.0768. The highest BCUT2D eigenvalue weighted by Gasteiger charge is 2.34. The molecule has 1 unspecified atom stereocenters. The number of anilines is 1. The number of nitrogens with zero attached hydrogens (tertiary/aromatic N) is 3. The minimum atomic E-state index is -0.179. The number of hydrogen-bond acceptors (Lipinski definition) is 6. The Bertz CT molecular complexity index is 365. The van der Waals surface area contributed by atoms with E-state index in [0.717, 1.165) is 23.2 Å². The maximum absolute atomic E-state index is 5.87. The summed E-state index contributed by atoms with van der Waals surface area (Å²) in [6, 6.07) is 0. The van der Waals surface area contributed by atoms with Crippen molar-refractivity contribution in [2.75, 3.05) is 24.5 Å². The Morgan fingerprint density at radius 2 is 2.31 bits per heavy atom. The predicted molar refractivity (Wildman–Crippen MR) is 64.9 cm³/mol. The normalized spacial score (nSPS) is 24.8. The fourth-order valence-electron chi connectivity index (χ4n) is 1.98. The van der Waals surface area contributed by atoms with Gasteiger partial charge in [0.2, 0.25) is 5.13 Å². The van der Waals surface area contributed by atoms with Crippen molar-refractivity contribution in [2.45, 2.75) is 32.5 Å². The van der Waals surface area contributed by atoms with Crippen LogP contribution in [0.2, 0.25) is 0 Å². The van der Waals surface area contributed by atoms with E-state index in [9.17, 15) is 0 Å². The van der Waals surface area contributed by atoms with Gasteiger partial charge in [-0.25, -0.2) is 0 Å². The average molecular weight is 242 g/mol. The molecule has 1 aliphatic rings. The van der Waals surface area contributed by atoms with Crippen molar-refractivity contribution in [1.82, 2.24) is 10.2 Å². The third kappa shape index (κ3) is 2.50. The molecule has 2 heterocycles. The fraction of sp³-hybridized carbons (Fsp3) is 0.800. The molecule has 0 aliphatic carbocycles. The Kier molecular flexibility index (Phi) is 3.14. The zero-order valence-corrected chi connectivity index (χ0v) is 10.8. The van der Waals surface area contributed by atoms with Gasteiger partial charge in [-0.2, -0.15) is 0 Å². The molecule has 0 radical (unpaired) electrons. The van der Waals surface area contributed by atoms with Crippen LogP contribution in [0.4, 0.5) is 5.13 Å². The molecule has 1 aliphatic heterocycles. The summed E-state index contributed by atoms with van der Waals surface area (Å²) in [5.74, 6) is 0. The summed E-state index contributed by atoms with van der Waals surface area (Å²) >= 11 is 1.61. The monoisotopic (exact) mass is 242 g/mol. The second kappa shape index (κ2) is 4.27. The first-order valence-corrected chi connectivity index (χ1v) is 6.25. The first-order chi connectivity index (χ1) is 7.50. The van der Waals surface area contributed by atoms with Gasteiger partial charge < -0.3 is 15.4 Å². The van der Waals surface area contributed by atoms with Crippen LogP contribution < -0.4 is 10.6 Å². The molecule has 2 rings (SSSR count).